The average molecular weight is 399 g/mol. The van der Waals surface area contributed by atoms with E-state index in [2.05, 4.69) is 17.0 Å². The van der Waals surface area contributed by atoms with Gasteiger partial charge >= 0.3 is 5.97 Å². The van der Waals surface area contributed by atoms with Crippen LogP contribution in [0, 0.1) is 0 Å². The molecule has 6 heteroatoms. The van der Waals surface area contributed by atoms with Crippen molar-refractivity contribution in [1.29, 1.82) is 0 Å². The second-order valence-corrected chi connectivity index (χ2v) is 7.63. The zero-order valence-electron chi connectivity index (χ0n) is 18.1. The van der Waals surface area contributed by atoms with Crippen LogP contribution >= 0.6 is 0 Å². The van der Waals surface area contributed by atoms with Crippen LogP contribution in [0.5, 0.6) is 0 Å². The van der Waals surface area contributed by atoms with Crippen molar-refractivity contribution in [1.82, 2.24) is 5.32 Å². The van der Waals surface area contributed by atoms with Crippen molar-refractivity contribution in [3.8, 4) is 0 Å². The summed E-state index contributed by atoms with van der Waals surface area (Å²) in [4.78, 5) is 34.5. The van der Waals surface area contributed by atoms with Gasteiger partial charge in [0.05, 0.1) is 7.11 Å². The molecule has 0 fully saturated rings. The summed E-state index contributed by atoms with van der Waals surface area (Å²) in [6.45, 7) is 2.25. The number of carbonyl (C=O) groups excluding carboxylic acids is 3. The summed E-state index contributed by atoms with van der Waals surface area (Å²) in [5.74, 6) is -1.19. The molecule has 0 heterocycles. The minimum absolute atomic E-state index is 0.0423. The number of rotatable bonds is 18. The Balaban J connectivity index is 3.43. The number of carbonyl (C=O) groups is 3. The largest absolute Gasteiger partial charge is 0.468 e. The predicted octanol–water partition coefficient (Wildman–Crippen LogP) is 4.39. The highest BCUT2D eigenvalue weighted by Crippen LogP contribution is 2.12. The van der Waals surface area contributed by atoms with Crippen molar-refractivity contribution in [2.45, 2.75) is 116 Å². The van der Waals surface area contributed by atoms with E-state index in [1.165, 1.54) is 71.3 Å². The molecule has 0 saturated carbocycles. The minimum Gasteiger partial charge on any atom is -0.468 e. The maximum Gasteiger partial charge on any atom is 0.322 e. The lowest BCUT2D eigenvalue weighted by Crippen LogP contribution is -2.35. The number of nitrogens with two attached hydrogens (primary N) is 1. The van der Waals surface area contributed by atoms with Crippen molar-refractivity contribution in [2.75, 3.05) is 7.11 Å². The fraction of sp³-hybridized carbons (Fsp3) is 0.864. The molecule has 0 aliphatic heterocycles. The fourth-order valence-electron chi connectivity index (χ4n) is 3.14. The normalized spacial score (nSPS) is 11.8. The van der Waals surface area contributed by atoms with Gasteiger partial charge in [0.15, 0.2) is 0 Å². The third-order valence-corrected chi connectivity index (χ3v) is 4.97. The van der Waals surface area contributed by atoms with E-state index in [1.807, 2.05) is 0 Å². The van der Waals surface area contributed by atoms with Gasteiger partial charge in [0.2, 0.25) is 11.8 Å². The Labute approximate surface area is 171 Å². The molecule has 0 aromatic carbocycles. The van der Waals surface area contributed by atoms with Gasteiger partial charge in [-0.15, -0.1) is 0 Å². The first kappa shape index (κ1) is 26.6. The van der Waals surface area contributed by atoms with Crippen molar-refractivity contribution >= 4 is 17.8 Å². The van der Waals surface area contributed by atoms with E-state index < -0.39 is 12.0 Å². The van der Waals surface area contributed by atoms with Gasteiger partial charge in [-0.3, -0.25) is 19.7 Å². The maximum atomic E-state index is 11.7. The standard InChI is InChI=1S/C22H42N2O4/c1-3-4-5-6-7-8-9-10-11-12-13-14-15-16-20(25)24-21(26)18-17-19(23)22(27)28-2/h19H,3-18,23H2,1-2H3,(H,24,25,26)/t19-/m0/s1. The van der Waals surface area contributed by atoms with Gasteiger partial charge in [0.25, 0.3) is 0 Å². The van der Waals surface area contributed by atoms with Crippen molar-refractivity contribution in [3.05, 3.63) is 0 Å². The number of hydrogen-bond acceptors (Lipinski definition) is 5. The van der Waals surface area contributed by atoms with Crippen LogP contribution in [-0.4, -0.2) is 30.9 Å². The van der Waals surface area contributed by atoms with Crippen LogP contribution in [0.2, 0.25) is 0 Å². The summed E-state index contributed by atoms with van der Waals surface area (Å²) in [7, 11) is 1.25. The Morgan fingerprint density at radius 1 is 0.750 bits per heavy atom. The zero-order valence-corrected chi connectivity index (χ0v) is 18.1. The molecule has 0 aliphatic rings. The molecule has 0 aliphatic carbocycles. The topological polar surface area (TPSA) is 98.5 Å². The summed E-state index contributed by atoms with van der Waals surface area (Å²) in [6, 6.07) is -0.827. The highest BCUT2D eigenvalue weighted by Gasteiger charge is 2.16. The molecule has 0 radical (unpaired) electrons. The van der Waals surface area contributed by atoms with E-state index in [1.54, 1.807) is 0 Å². The lowest BCUT2D eigenvalue weighted by atomic mass is 10.0. The van der Waals surface area contributed by atoms with Gasteiger partial charge in [-0.25, -0.2) is 0 Å². The molecular formula is C22H42N2O4. The van der Waals surface area contributed by atoms with Crippen LogP contribution in [0.4, 0.5) is 0 Å². The van der Waals surface area contributed by atoms with E-state index in [-0.39, 0.29) is 24.7 Å². The molecule has 0 unspecified atom stereocenters. The van der Waals surface area contributed by atoms with E-state index >= 15 is 0 Å². The van der Waals surface area contributed by atoms with Crippen molar-refractivity contribution in [3.63, 3.8) is 0 Å². The Kier molecular flexibility index (Phi) is 17.9. The Morgan fingerprint density at radius 3 is 1.64 bits per heavy atom. The van der Waals surface area contributed by atoms with Gasteiger partial charge in [-0.05, 0) is 12.8 Å². The van der Waals surface area contributed by atoms with E-state index in [0.29, 0.717) is 6.42 Å². The molecule has 0 spiro atoms. The zero-order chi connectivity index (χ0) is 21.0. The van der Waals surface area contributed by atoms with Gasteiger partial charge in [-0.2, -0.15) is 0 Å². The Bertz CT molecular complexity index is 427. The molecule has 0 aromatic rings. The highest BCUT2D eigenvalue weighted by molar-refractivity contribution is 5.95. The summed E-state index contributed by atoms with van der Waals surface area (Å²) < 4.78 is 4.49. The van der Waals surface area contributed by atoms with Gasteiger partial charge < -0.3 is 10.5 Å². The van der Waals surface area contributed by atoms with E-state index in [4.69, 9.17) is 5.73 Å². The first-order chi connectivity index (χ1) is 13.5. The summed E-state index contributed by atoms with van der Waals surface area (Å²) >= 11 is 0. The van der Waals surface area contributed by atoms with Crippen LogP contribution in [0.15, 0.2) is 0 Å². The van der Waals surface area contributed by atoms with Crippen LogP contribution < -0.4 is 11.1 Å². The summed E-state index contributed by atoms with van der Waals surface area (Å²) in [6.07, 6.45) is 16.9. The fourth-order valence-corrected chi connectivity index (χ4v) is 3.14. The van der Waals surface area contributed by atoms with Crippen LogP contribution in [-0.2, 0) is 19.1 Å². The molecule has 3 N–H and O–H groups in total. The number of hydrogen-bond donors (Lipinski definition) is 2. The van der Waals surface area contributed by atoms with Crippen molar-refractivity contribution in [2.24, 2.45) is 5.73 Å². The first-order valence-electron chi connectivity index (χ1n) is 11.2. The number of amides is 2. The second-order valence-electron chi connectivity index (χ2n) is 7.63. The molecule has 6 nitrogen and oxygen atoms in total. The number of ether oxygens (including phenoxy) is 1. The smallest absolute Gasteiger partial charge is 0.322 e. The van der Waals surface area contributed by atoms with Crippen LogP contribution in [0.1, 0.15) is 110 Å². The lowest BCUT2D eigenvalue weighted by molar-refractivity contribution is -0.142. The minimum atomic E-state index is -0.827. The van der Waals surface area contributed by atoms with Gasteiger partial charge in [0, 0.05) is 12.8 Å². The molecule has 0 saturated heterocycles. The second kappa shape index (κ2) is 18.9. The molecule has 2 amide bonds. The molecule has 0 aromatic heterocycles. The molecule has 1 atom stereocenters. The monoisotopic (exact) mass is 398 g/mol. The third kappa shape index (κ3) is 16.7. The van der Waals surface area contributed by atoms with Crippen LogP contribution in [0.3, 0.4) is 0 Å². The molecule has 28 heavy (non-hydrogen) atoms. The number of methoxy groups -OCH3 is 1. The Hall–Kier alpha value is -1.43. The van der Waals surface area contributed by atoms with Gasteiger partial charge in [-0.1, -0.05) is 84.0 Å². The quantitative estimate of drug-likeness (QED) is 0.263. The molecule has 164 valence electrons. The number of nitrogens with one attached hydrogen (secondary N) is 1. The van der Waals surface area contributed by atoms with Crippen LogP contribution in [0.25, 0.3) is 0 Å². The lowest BCUT2D eigenvalue weighted by Gasteiger charge is -2.08. The maximum absolute atomic E-state index is 11.7. The van der Waals surface area contributed by atoms with Gasteiger partial charge in [0.1, 0.15) is 6.04 Å². The van der Waals surface area contributed by atoms with E-state index in [9.17, 15) is 14.4 Å². The highest BCUT2D eigenvalue weighted by atomic mass is 16.5. The molecule has 0 bridgehead atoms. The predicted molar refractivity (Wildman–Crippen MR) is 113 cm³/mol. The number of esters is 1. The molecule has 0 rings (SSSR count). The van der Waals surface area contributed by atoms with Crippen molar-refractivity contribution < 1.29 is 19.1 Å². The summed E-state index contributed by atoms with van der Waals surface area (Å²) in [5, 5.41) is 2.35. The average Bonchev–Trinajstić information content (AvgIpc) is 2.68. The first-order valence-corrected chi connectivity index (χ1v) is 11.2. The third-order valence-electron chi connectivity index (χ3n) is 4.97. The SMILES string of the molecule is CCCCCCCCCCCCCCCC(=O)NC(=O)CC[C@H](N)C(=O)OC. The summed E-state index contributed by atoms with van der Waals surface area (Å²) in [5.41, 5.74) is 5.56. The Morgan fingerprint density at radius 2 is 1.18 bits per heavy atom. The number of unbranched alkanes of at least 4 members (excludes halogenated alkanes) is 12. The number of imide groups is 1. The molecular weight excluding hydrogens is 356 g/mol. The van der Waals surface area contributed by atoms with E-state index in [0.717, 1.165) is 19.3 Å².